The first kappa shape index (κ1) is 24.5. The van der Waals surface area contributed by atoms with Gasteiger partial charge in [0.15, 0.2) is 5.96 Å². The van der Waals surface area contributed by atoms with Gasteiger partial charge in [-0.3, -0.25) is 14.7 Å². The van der Waals surface area contributed by atoms with Crippen molar-refractivity contribution in [2.75, 3.05) is 45.2 Å². The minimum atomic E-state index is 0. The highest BCUT2D eigenvalue weighted by Gasteiger charge is 2.24. The lowest BCUT2D eigenvalue weighted by atomic mass is 9.90. The number of carbonyl (C=O) groups is 1. The monoisotopic (exact) mass is 549 g/mol. The van der Waals surface area contributed by atoms with E-state index < -0.39 is 0 Å². The normalized spacial score (nSPS) is 18.8. The van der Waals surface area contributed by atoms with E-state index in [-0.39, 0.29) is 35.8 Å². The van der Waals surface area contributed by atoms with Crippen LogP contribution in [-0.4, -0.2) is 56.7 Å². The quantitative estimate of drug-likeness (QED) is 0.294. The Bertz CT molecular complexity index is 930. The van der Waals surface area contributed by atoms with Gasteiger partial charge in [0.25, 0.3) is 0 Å². The number of benzene rings is 2. The number of nitrogens with one attached hydrogen (secondary N) is 3. The van der Waals surface area contributed by atoms with Crippen molar-refractivity contribution >= 4 is 41.5 Å². The molecule has 2 aromatic rings. The number of carbonyl (C=O) groups excluding carboxylic acids is 1. The number of guanidine groups is 1. The maximum absolute atomic E-state index is 12.0. The molecule has 0 radical (unpaired) electrons. The number of amides is 1. The largest absolute Gasteiger partial charge is 0.379 e. The molecule has 0 bridgehead atoms. The highest BCUT2D eigenvalue weighted by molar-refractivity contribution is 14.0. The fourth-order valence-electron chi connectivity index (χ4n) is 4.17. The van der Waals surface area contributed by atoms with Gasteiger partial charge < -0.3 is 20.7 Å². The molecule has 1 amide bonds. The van der Waals surface area contributed by atoms with Crippen LogP contribution in [0.4, 0.5) is 5.69 Å². The molecule has 2 aliphatic heterocycles. The summed E-state index contributed by atoms with van der Waals surface area (Å²) >= 11 is 0. The summed E-state index contributed by atoms with van der Waals surface area (Å²) < 4.78 is 5.44. The summed E-state index contributed by atoms with van der Waals surface area (Å²) in [6.45, 7) is 5.91. The Hall–Kier alpha value is -2.17. The SMILES string of the molecule is CN=C(NCc1cccc(CN2CCOCC2)c1)NCC1CC(=O)Nc2ccccc21.I. The fourth-order valence-corrected chi connectivity index (χ4v) is 4.17. The van der Waals surface area contributed by atoms with Gasteiger partial charge in [-0.1, -0.05) is 42.5 Å². The lowest BCUT2D eigenvalue weighted by molar-refractivity contribution is -0.116. The molecule has 2 aliphatic rings. The molecule has 0 spiro atoms. The van der Waals surface area contributed by atoms with Crippen molar-refractivity contribution in [2.24, 2.45) is 4.99 Å². The molecule has 8 heteroatoms. The Morgan fingerprint density at radius 3 is 2.72 bits per heavy atom. The predicted molar refractivity (Wildman–Crippen MR) is 139 cm³/mol. The number of fused-ring (bicyclic) bond motifs is 1. The zero-order valence-electron chi connectivity index (χ0n) is 18.5. The molecule has 0 aromatic heterocycles. The van der Waals surface area contributed by atoms with Crippen molar-refractivity contribution in [2.45, 2.75) is 25.4 Å². The predicted octanol–water partition coefficient (Wildman–Crippen LogP) is 2.93. The molecule has 1 fully saturated rings. The Morgan fingerprint density at radius 1 is 1.12 bits per heavy atom. The van der Waals surface area contributed by atoms with Crippen LogP contribution in [0.25, 0.3) is 0 Å². The van der Waals surface area contributed by atoms with Gasteiger partial charge in [0, 0.05) is 57.8 Å². The first-order valence-corrected chi connectivity index (χ1v) is 10.9. The number of hydrogen-bond acceptors (Lipinski definition) is 4. The summed E-state index contributed by atoms with van der Waals surface area (Å²) in [5.74, 6) is 0.924. The van der Waals surface area contributed by atoms with E-state index in [0.29, 0.717) is 19.5 Å². The van der Waals surface area contributed by atoms with Crippen molar-refractivity contribution in [1.29, 1.82) is 0 Å². The van der Waals surface area contributed by atoms with Gasteiger partial charge >= 0.3 is 0 Å². The maximum Gasteiger partial charge on any atom is 0.225 e. The number of anilines is 1. The fraction of sp³-hybridized carbons (Fsp3) is 0.417. The number of rotatable bonds is 6. The summed E-state index contributed by atoms with van der Waals surface area (Å²) in [6.07, 6.45) is 0.477. The second kappa shape index (κ2) is 12.2. The van der Waals surface area contributed by atoms with Crippen LogP contribution in [0.1, 0.15) is 29.0 Å². The molecular weight excluding hydrogens is 517 g/mol. The highest BCUT2D eigenvalue weighted by atomic mass is 127. The van der Waals surface area contributed by atoms with E-state index in [2.05, 4.69) is 56.2 Å². The van der Waals surface area contributed by atoms with Crippen LogP contribution in [0, 0.1) is 0 Å². The molecule has 7 nitrogen and oxygen atoms in total. The van der Waals surface area contributed by atoms with Crippen LogP contribution in [0.5, 0.6) is 0 Å². The second-order valence-electron chi connectivity index (χ2n) is 8.05. The summed E-state index contributed by atoms with van der Waals surface area (Å²) in [4.78, 5) is 18.8. The third-order valence-corrected chi connectivity index (χ3v) is 5.81. The Balaban J connectivity index is 0.00000289. The number of para-hydroxylation sites is 1. The highest BCUT2D eigenvalue weighted by Crippen LogP contribution is 2.31. The molecule has 0 aliphatic carbocycles. The van der Waals surface area contributed by atoms with Crippen LogP contribution in [-0.2, 0) is 22.6 Å². The van der Waals surface area contributed by atoms with Gasteiger partial charge in [0.1, 0.15) is 0 Å². The molecule has 3 N–H and O–H groups in total. The smallest absolute Gasteiger partial charge is 0.225 e. The number of morpholine rings is 1. The van der Waals surface area contributed by atoms with Gasteiger partial charge in [-0.15, -0.1) is 24.0 Å². The minimum Gasteiger partial charge on any atom is -0.379 e. The Labute approximate surface area is 207 Å². The minimum absolute atomic E-state index is 0. The second-order valence-corrected chi connectivity index (χ2v) is 8.05. The number of hydrogen-bond donors (Lipinski definition) is 3. The van der Waals surface area contributed by atoms with Gasteiger partial charge in [0.2, 0.25) is 5.91 Å². The van der Waals surface area contributed by atoms with Crippen molar-refractivity contribution in [3.8, 4) is 0 Å². The summed E-state index contributed by atoms with van der Waals surface area (Å²) in [6, 6.07) is 16.7. The van der Waals surface area contributed by atoms with Crippen LogP contribution in [0.3, 0.4) is 0 Å². The van der Waals surface area contributed by atoms with Gasteiger partial charge in [-0.25, -0.2) is 0 Å². The zero-order valence-corrected chi connectivity index (χ0v) is 20.8. The van der Waals surface area contributed by atoms with Crippen molar-refractivity contribution in [1.82, 2.24) is 15.5 Å². The number of halogens is 1. The number of nitrogens with zero attached hydrogens (tertiary/aromatic N) is 2. The topological polar surface area (TPSA) is 78.0 Å². The third-order valence-electron chi connectivity index (χ3n) is 5.81. The van der Waals surface area contributed by atoms with E-state index in [9.17, 15) is 4.79 Å². The van der Waals surface area contributed by atoms with Crippen molar-refractivity contribution in [3.05, 3.63) is 65.2 Å². The standard InChI is InChI=1S/C24H31N5O2.HI/c1-25-24(27-16-20-14-23(30)28-22-8-3-2-7-21(20)22)26-15-18-5-4-6-19(13-18)17-29-9-11-31-12-10-29;/h2-8,13,20H,9-12,14-17H2,1H3,(H,28,30)(H2,25,26,27);1H. The first-order valence-electron chi connectivity index (χ1n) is 10.9. The van der Waals surface area contributed by atoms with Crippen molar-refractivity contribution in [3.63, 3.8) is 0 Å². The summed E-state index contributed by atoms with van der Waals surface area (Å²) in [5.41, 5.74) is 4.61. The van der Waals surface area contributed by atoms with Crippen LogP contribution < -0.4 is 16.0 Å². The van der Waals surface area contributed by atoms with Gasteiger partial charge in [-0.05, 0) is 22.8 Å². The van der Waals surface area contributed by atoms with E-state index in [1.807, 2.05) is 18.2 Å². The van der Waals surface area contributed by atoms with Crippen LogP contribution in [0.2, 0.25) is 0 Å². The van der Waals surface area contributed by atoms with E-state index in [0.717, 1.165) is 44.5 Å². The lowest BCUT2D eigenvalue weighted by Gasteiger charge is -2.27. The van der Waals surface area contributed by atoms with E-state index in [1.54, 1.807) is 7.05 Å². The molecule has 4 rings (SSSR count). The lowest BCUT2D eigenvalue weighted by Crippen LogP contribution is -2.40. The van der Waals surface area contributed by atoms with Gasteiger partial charge in [-0.2, -0.15) is 0 Å². The first-order chi connectivity index (χ1) is 15.2. The Kier molecular flexibility index (Phi) is 9.31. The molecule has 32 heavy (non-hydrogen) atoms. The number of ether oxygens (including phenoxy) is 1. The maximum atomic E-state index is 12.0. The third kappa shape index (κ3) is 6.66. The molecule has 1 saturated heterocycles. The van der Waals surface area contributed by atoms with E-state index in [4.69, 9.17) is 4.74 Å². The summed E-state index contributed by atoms with van der Waals surface area (Å²) in [7, 11) is 1.77. The molecular formula is C24H32IN5O2. The van der Waals surface area contributed by atoms with Crippen LogP contribution in [0.15, 0.2) is 53.5 Å². The molecule has 1 unspecified atom stereocenters. The molecule has 2 aromatic carbocycles. The number of aliphatic imine (C=N–C) groups is 1. The Morgan fingerprint density at radius 2 is 1.91 bits per heavy atom. The molecule has 2 heterocycles. The van der Waals surface area contributed by atoms with Gasteiger partial charge in [0.05, 0.1) is 13.2 Å². The zero-order chi connectivity index (χ0) is 21.5. The summed E-state index contributed by atoms with van der Waals surface area (Å²) in [5, 5.41) is 9.73. The van der Waals surface area contributed by atoms with E-state index in [1.165, 1.54) is 16.7 Å². The average Bonchev–Trinajstić information content (AvgIpc) is 2.80. The van der Waals surface area contributed by atoms with Crippen molar-refractivity contribution < 1.29 is 9.53 Å². The molecule has 172 valence electrons. The van der Waals surface area contributed by atoms with E-state index >= 15 is 0 Å². The molecule has 0 saturated carbocycles. The van der Waals surface area contributed by atoms with Crippen LogP contribution >= 0.6 is 24.0 Å². The average molecular weight is 549 g/mol. The molecule has 1 atom stereocenters.